The van der Waals surface area contributed by atoms with Crippen molar-refractivity contribution in [3.63, 3.8) is 0 Å². The van der Waals surface area contributed by atoms with Gasteiger partial charge in [-0.15, -0.1) is 0 Å². The molecule has 3 heteroatoms. The largest absolute Gasteiger partial charge is 0.342 e. The molecule has 18 heavy (non-hydrogen) atoms. The molecular formula is C15H17FN2. The highest BCUT2D eigenvalue weighted by Gasteiger charge is 2.08. The molecule has 2 rings (SSSR count). The molecule has 94 valence electrons. The van der Waals surface area contributed by atoms with Crippen molar-refractivity contribution in [1.82, 2.24) is 0 Å². The van der Waals surface area contributed by atoms with Crippen molar-refractivity contribution in [3.8, 4) is 0 Å². The van der Waals surface area contributed by atoms with Crippen molar-refractivity contribution >= 4 is 11.4 Å². The molecule has 0 unspecified atom stereocenters. The zero-order valence-corrected chi connectivity index (χ0v) is 10.6. The predicted octanol–water partition coefficient (Wildman–Crippen LogP) is 3.61. The third-order valence-corrected chi connectivity index (χ3v) is 3.02. The second-order valence-electron chi connectivity index (χ2n) is 4.39. The highest BCUT2D eigenvalue weighted by atomic mass is 19.1. The van der Waals surface area contributed by atoms with E-state index in [9.17, 15) is 4.39 Å². The van der Waals surface area contributed by atoms with Crippen LogP contribution >= 0.6 is 0 Å². The Morgan fingerprint density at radius 3 is 2.22 bits per heavy atom. The summed E-state index contributed by atoms with van der Waals surface area (Å²) in [7, 11) is 1.85. The second-order valence-corrected chi connectivity index (χ2v) is 4.39. The number of hydrogen-bond acceptors (Lipinski definition) is 2. The molecule has 2 N–H and O–H groups in total. The monoisotopic (exact) mass is 244 g/mol. The van der Waals surface area contributed by atoms with Gasteiger partial charge in [0.25, 0.3) is 0 Å². The van der Waals surface area contributed by atoms with Gasteiger partial charge in [-0.1, -0.05) is 24.3 Å². The quantitative estimate of drug-likeness (QED) is 0.893. The molecule has 0 aliphatic heterocycles. The summed E-state index contributed by atoms with van der Waals surface area (Å²) in [4.78, 5) is 1.82. The first kappa shape index (κ1) is 12.6. The van der Waals surface area contributed by atoms with E-state index >= 15 is 0 Å². The van der Waals surface area contributed by atoms with Crippen molar-refractivity contribution in [2.45, 2.75) is 13.0 Å². The smallest absolute Gasteiger partial charge is 0.146 e. The first-order chi connectivity index (χ1) is 8.59. The van der Waals surface area contributed by atoms with Gasteiger partial charge in [-0.2, -0.15) is 0 Å². The van der Waals surface area contributed by atoms with Gasteiger partial charge in [-0.05, 0) is 36.8 Å². The van der Waals surface area contributed by atoms with E-state index in [1.54, 1.807) is 12.1 Å². The molecule has 0 aliphatic carbocycles. The first-order valence-electron chi connectivity index (χ1n) is 5.93. The molecule has 2 aromatic carbocycles. The summed E-state index contributed by atoms with van der Waals surface area (Å²) >= 11 is 0. The summed E-state index contributed by atoms with van der Waals surface area (Å²) in [6, 6.07) is 14.6. The lowest BCUT2D eigenvalue weighted by atomic mass is 10.1. The number of anilines is 2. The van der Waals surface area contributed by atoms with Gasteiger partial charge in [0.2, 0.25) is 0 Å². The number of nitrogens with zero attached hydrogens (tertiary/aromatic N) is 1. The maximum Gasteiger partial charge on any atom is 0.146 e. The zero-order chi connectivity index (χ0) is 13.1. The minimum Gasteiger partial charge on any atom is -0.342 e. The fourth-order valence-corrected chi connectivity index (χ4v) is 1.86. The summed E-state index contributed by atoms with van der Waals surface area (Å²) < 4.78 is 13.7. The van der Waals surface area contributed by atoms with E-state index in [1.807, 2.05) is 49.2 Å². The third-order valence-electron chi connectivity index (χ3n) is 3.02. The maximum atomic E-state index is 13.7. The highest BCUT2D eigenvalue weighted by Crippen LogP contribution is 2.26. The normalized spacial score (nSPS) is 12.2. The van der Waals surface area contributed by atoms with Crippen LogP contribution in [0.5, 0.6) is 0 Å². The molecule has 0 radical (unpaired) electrons. The van der Waals surface area contributed by atoms with Crippen molar-refractivity contribution < 1.29 is 4.39 Å². The van der Waals surface area contributed by atoms with Gasteiger partial charge in [-0.25, -0.2) is 4.39 Å². The highest BCUT2D eigenvalue weighted by molar-refractivity contribution is 5.63. The van der Waals surface area contributed by atoms with Gasteiger partial charge in [0.05, 0.1) is 5.69 Å². The number of halogens is 1. The number of nitrogens with two attached hydrogens (primary N) is 1. The molecule has 0 amide bonds. The van der Waals surface area contributed by atoms with E-state index in [4.69, 9.17) is 5.73 Å². The van der Waals surface area contributed by atoms with Gasteiger partial charge in [-0.3, -0.25) is 0 Å². The molecule has 0 saturated carbocycles. The van der Waals surface area contributed by atoms with Gasteiger partial charge < -0.3 is 10.6 Å². The van der Waals surface area contributed by atoms with Crippen LogP contribution in [0.25, 0.3) is 0 Å². The molecule has 0 fully saturated rings. The Kier molecular flexibility index (Phi) is 3.63. The third kappa shape index (κ3) is 2.51. The van der Waals surface area contributed by atoms with E-state index in [2.05, 4.69) is 0 Å². The Balaban J connectivity index is 2.29. The molecule has 0 heterocycles. The molecule has 2 aromatic rings. The van der Waals surface area contributed by atoms with Crippen molar-refractivity contribution in [2.24, 2.45) is 5.73 Å². The first-order valence-corrected chi connectivity index (χ1v) is 5.93. The van der Waals surface area contributed by atoms with E-state index < -0.39 is 0 Å². The minimum absolute atomic E-state index is 0.0119. The molecule has 1 atom stereocenters. The Morgan fingerprint density at radius 2 is 1.67 bits per heavy atom. The molecule has 0 aromatic heterocycles. The van der Waals surface area contributed by atoms with Crippen LogP contribution in [-0.2, 0) is 0 Å². The van der Waals surface area contributed by atoms with Crippen LogP contribution in [0.15, 0.2) is 48.5 Å². The van der Waals surface area contributed by atoms with Crippen molar-refractivity contribution in [1.29, 1.82) is 0 Å². The van der Waals surface area contributed by atoms with E-state index in [-0.39, 0.29) is 11.9 Å². The molecule has 0 bridgehead atoms. The van der Waals surface area contributed by atoms with E-state index in [1.165, 1.54) is 6.07 Å². The van der Waals surface area contributed by atoms with Crippen LogP contribution < -0.4 is 10.6 Å². The van der Waals surface area contributed by atoms with Gasteiger partial charge in [0, 0.05) is 18.8 Å². The summed E-state index contributed by atoms with van der Waals surface area (Å²) in [5.74, 6) is -0.226. The maximum absolute atomic E-state index is 13.7. The average Bonchev–Trinajstić information content (AvgIpc) is 2.38. The van der Waals surface area contributed by atoms with E-state index in [0.29, 0.717) is 5.69 Å². The molecule has 0 spiro atoms. The lowest BCUT2D eigenvalue weighted by molar-refractivity contribution is 0.627. The van der Waals surface area contributed by atoms with Crippen molar-refractivity contribution in [2.75, 3.05) is 11.9 Å². The average molecular weight is 244 g/mol. The standard InChI is InChI=1S/C15H17FN2/c1-11(17)12-7-9-13(10-8-12)18(2)15-6-4-3-5-14(15)16/h3-11H,17H2,1-2H3/t11-/m0/s1. The van der Waals surface area contributed by atoms with Crippen LogP contribution in [0.3, 0.4) is 0 Å². The van der Waals surface area contributed by atoms with Crippen LogP contribution in [-0.4, -0.2) is 7.05 Å². The number of rotatable bonds is 3. The van der Waals surface area contributed by atoms with Gasteiger partial charge in [0.1, 0.15) is 5.82 Å². The Bertz CT molecular complexity index is 520. The molecule has 0 aliphatic rings. The molecule has 0 saturated heterocycles. The van der Waals surface area contributed by atoms with Crippen LogP contribution in [0.4, 0.5) is 15.8 Å². The zero-order valence-electron chi connectivity index (χ0n) is 10.6. The SMILES string of the molecule is C[C@H](N)c1ccc(N(C)c2ccccc2F)cc1. The summed E-state index contributed by atoms with van der Waals surface area (Å²) in [5.41, 5.74) is 8.37. The second kappa shape index (κ2) is 5.19. The van der Waals surface area contributed by atoms with Crippen LogP contribution in [0, 0.1) is 5.82 Å². The predicted molar refractivity (Wildman–Crippen MR) is 73.5 cm³/mol. The minimum atomic E-state index is -0.226. The van der Waals surface area contributed by atoms with Crippen LogP contribution in [0.1, 0.15) is 18.5 Å². The van der Waals surface area contributed by atoms with Gasteiger partial charge >= 0.3 is 0 Å². The topological polar surface area (TPSA) is 29.3 Å². The van der Waals surface area contributed by atoms with Crippen molar-refractivity contribution in [3.05, 3.63) is 59.9 Å². The fourth-order valence-electron chi connectivity index (χ4n) is 1.86. The number of benzene rings is 2. The number of hydrogen-bond donors (Lipinski definition) is 1. The Labute approximate surface area is 107 Å². The Morgan fingerprint density at radius 1 is 1.06 bits per heavy atom. The number of para-hydroxylation sites is 1. The summed E-state index contributed by atoms with van der Waals surface area (Å²) in [6.45, 7) is 1.94. The van der Waals surface area contributed by atoms with Gasteiger partial charge in [0.15, 0.2) is 0 Å². The summed E-state index contributed by atoms with van der Waals surface area (Å²) in [6.07, 6.45) is 0. The lowest BCUT2D eigenvalue weighted by Gasteiger charge is -2.20. The lowest BCUT2D eigenvalue weighted by Crippen LogP contribution is -2.11. The van der Waals surface area contributed by atoms with E-state index in [0.717, 1.165) is 11.3 Å². The summed E-state index contributed by atoms with van der Waals surface area (Å²) in [5, 5.41) is 0. The fraction of sp³-hybridized carbons (Fsp3) is 0.200. The molecule has 2 nitrogen and oxygen atoms in total. The van der Waals surface area contributed by atoms with Crippen LogP contribution in [0.2, 0.25) is 0 Å². The Hall–Kier alpha value is -1.87. The molecular weight excluding hydrogens is 227 g/mol.